The van der Waals surface area contributed by atoms with Gasteiger partial charge in [-0.25, -0.2) is 9.59 Å². The van der Waals surface area contributed by atoms with Gasteiger partial charge in [-0.2, -0.15) is 0 Å². The molecule has 20 heavy (non-hydrogen) atoms. The molecule has 0 aromatic carbocycles. The van der Waals surface area contributed by atoms with Crippen LogP contribution in [0.3, 0.4) is 0 Å². The second kappa shape index (κ2) is 8.09. The summed E-state index contributed by atoms with van der Waals surface area (Å²) in [5.41, 5.74) is -1.03. The lowest BCUT2D eigenvalue weighted by molar-refractivity contribution is -0.148. The van der Waals surface area contributed by atoms with E-state index in [1.165, 1.54) is 4.90 Å². The molecule has 2 N–H and O–H groups in total. The quantitative estimate of drug-likeness (QED) is 0.667. The van der Waals surface area contributed by atoms with Crippen LogP contribution in [0.1, 0.15) is 46.0 Å². The number of carbonyl (C=O) groups is 2. The third-order valence-electron chi connectivity index (χ3n) is 3.88. The fraction of sp³-hybridized carbons (Fsp3) is 0.857. The highest BCUT2D eigenvalue weighted by atomic mass is 16.5. The van der Waals surface area contributed by atoms with Crippen LogP contribution in [0, 0.1) is 0 Å². The monoisotopic (exact) mass is 286 g/mol. The number of nitrogens with one attached hydrogen (secondary N) is 1. The molecule has 1 aliphatic rings. The van der Waals surface area contributed by atoms with Crippen molar-refractivity contribution >= 4 is 12.0 Å². The first-order chi connectivity index (χ1) is 9.58. The van der Waals surface area contributed by atoms with E-state index < -0.39 is 11.5 Å². The number of hydrogen-bond donors (Lipinski definition) is 2. The first-order valence-corrected chi connectivity index (χ1v) is 7.45. The fourth-order valence-corrected chi connectivity index (χ4v) is 2.59. The molecule has 2 amide bonds. The maximum Gasteiger partial charge on any atom is 0.329 e. The molecule has 0 bridgehead atoms. The molecule has 0 aliphatic carbocycles. The van der Waals surface area contributed by atoms with Crippen LogP contribution in [0.2, 0.25) is 0 Å². The SMILES string of the molecule is CCCCOCCNC(=O)N1CCCC1(CC)C(=O)O. The highest BCUT2D eigenvalue weighted by Gasteiger charge is 2.48. The third kappa shape index (κ3) is 3.85. The summed E-state index contributed by atoms with van der Waals surface area (Å²) in [4.78, 5) is 25.0. The van der Waals surface area contributed by atoms with Gasteiger partial charge in [0.25, 0.3) is 0 Å². The van der Waals surface area contributed by atoms with Crippen molar-refractivity contribution in [3.05, 3.63) is 0 Å². The number of nitrogens with zero attached hydrogens (tertiary/aromatic N) is 1. The number of likely N-dealkylation sites (tertiary alicyclic amines) is 1. The van der Waals surface area contributed by atoms with Crippen LogP contribution in [0.4, 0.5) is 4.79 Å². The van der Waals surface area contributed by atoms with Gasteiger partial charge in [-0.3, -0.25) is 0 Å². The molecular formula is C14H26N2O4. The second-order valence-corrected chi connectivity index (χ2v) is 5.14. The van der Waals surface area contributed by atoms with Crippen LogP contribution in [0.25, 0.3) is 0 Å². The number of carbonyl (C=O) groups excluding carboxylic acids is 1. The Kier molecular flexibility index (Phi) is 6.78. The van der Waals surface area contributed by atoms with Crippen molar-refractivity contribution < 1.29 is 19.4 Å². The van der Waals surface area contributed by atoms with Crippen LogP contribution in [0.5, 0.6) is 0 Å². The number of ether oxygens (including phenoxy) is 1. The summed E-state index contributed by atoms with van der Waals surface area (Å²) in [7, 11) is 0. The Morgan fingerprint density at radius 2 is 2.10 bits per heavy atom. The number of hydrogen-bond acceptors (Lipinski definition) is 3. The molecule has 0 aromatic rings. The van der Waals surface area contributed by atoms with Gasteiger partial charge in [0, 0.05) is 19.7 Å². The summed E-state index contributed by atoms with van der Waals surface area (Å²) in [6.45, 7) is 5.99. The summed E-state index contributed by atoms with van der Waals surface area (Å²) in [5.74, 6) is -0.910. The van der Waals surface area contributed by atoms with E-state index in [2.05, 4.69) is 12.2 Å². The van der Waals surface area contributed by atoms with Crippen molar-refractivity contribution in [3.8, 4) is 0 Å². The molecule has 0 radical (unpaired) electrons. The van der Waals surface area contributed by atoms with Crippen LogP contribution in [-0.4, -0.2) is 53.8 Å². The van der Waals surface area contributed by atoms with Gasteiger partial charge in [0.2, 0.25) is 0 Å². The fourth-order valence-electron chi connectivity index (χ4n) is 2.59. The van der Waals surface area contributed by atoms with Gasteiger partial charge in [-0.05, 0) is 25.7 Å². The average molecular weight is 286 g/mol. The molecule has 1 heterocycles. The number of aliphatic carboxylic acids is 1. The number of carboxylic acid groups (broad SMARTS) is 1. The maximum atomic E-state index is 12.1. The zero-order valence-corrected chi connectivity index (χ0v) is 12.5. The van der Waals surface area contributed by atoms with Gasteiger partial charge in [0.05, 0.1) is 6.61 Å². The summed E-state index contributed by atoms with van der Waals surface area (Å²) in [6.07, 6.45) is 3.79. The summed E-state index contributed by atoms with van der Waals surface area (Å²) in [5, 5.41) is 12.1. The zero-order chi connectivity index (χ0) is 15.0. The number of amides is 2. The largest absolute Gasteiger partial charge is 0.479 e. The van der Waals surface area contributed by atoms with E-state index in [4.69, 9.17) is 4.74 Å². The lowest BCUT2D eigenvalue weighted by Gasteiger charge is -2.33. The molecule has 1 rings (SSSR count). The van der Waals surface area contributed by atoms with Gasteiger partial charge in [-0.1, -0.05) is 20.3 Å². The van der Waals surface area contributed by atoms with Gasteiger partial charge >= 0.3 is 12.0 Å². The molecule has 1 atom stereocenters. The van der Waals surface area contributed by atoms with Crippen molar-refractivity contribution in [1.29, 1.82) is 0 Å². The summed E-state index contributed by atoms with van der Waals surface area (Å²) < 4.78 is 5.36. The van der Waals surface area contributed by atoms with Gasteiger partial charge in [0.15, 0.2) is 0 Å². The van der Waals surface area contributed by atoms with Crippen LogP contribution >= 0.6 is 0 Å². The Morgan fingerprint density at radius 3 is 2.70 bits per heavy atom. The Balaban J connectivity index is 2.40. The average Bonchev–Trinajstić information content (AvgIpc) is 2.87. The van der Waals surface area contributed by atoms with E-state index in [1.54, 1.807) is 0 Å². The van der Waals surface area contributed by atoms with Gasteiger partial charge in [0.1, 0.15) is 5.54 Å². The third-order valence-corrected chi connectivity index (χ3v) is 3.88. The van der Waals surface area contributed by atoms with E-state index in [-0.39, 0.29) is 6.03 Å². The molecule has 1 unspecified atom stereocenters. The molecule has 1 fully saturated rings. The minimum absolute atomic E-state index is 0.300. The zero-order valence-electron chi connectivity index (χ0n) is 12.5. The number of urea groups is 1. The predicted octanol–water partition coefficient (Wildman–Crippen LogP) is 1.84. The molecule has 116 valence electrons. The number of carboxylic acids is 1. The van der Waals surface area contributed by atoms with Crippen molar-refractivity contribution in [2.75, 3.05) is 26.3 Å². The number of unbranched alkanes of at least 4 members (excludes halogenated alkanes) is 1. The van der Waals surface area contributed by atoms with E-state index in [0.717, 1.165) is 19.3 Å². The smallest absolute Gasteiger partial charge is 0.329 e. The van der Waals surface area contributed by atoms with Crippen molar-refractivity contribution in [2.45, 2.75) is 51.5 Å². The van der Waals surface area contributed by atoms with Crippen molar-refractivity contribution in [1.82, 2.24) is 10.2 Å². The van der Waals surface area contributed by atoms with E-state index in [1.807, 2.05) is 6.92 Å². The van der Waals surface area contributed by atoms with E-state index >= 15 is 0 Å². The highest BCUT2D eigenvalue weighted by molar-refractivity contribution is 5.87. The van der Waals surface area contributed by atoms with Crippen LogP contribution in [0.15, 0.2) is 0 Å². The topological polar surface area (TPSA) is 78.9 Å². The lowest BCUT2D eigenvalue weighted by atomic mass is 9.93. The minimum Gasteiger partial charge on any atom is -0.479 e. The van der Waals surface area contributed by atoms with Crippen molar-refractivity contribution in [2.24, 2.45) is 0 Å². The Hall–Kier alpha value is -1.30. The molecule has 6 nitrogen and oxygen atoms in total. The summed E-state index contributed by atoms with van der Waals surface area (Å²) >= 11 is 0. The summed E-state index contributed by atoms with van der Waals surface area (Å²) in [6, 6.07) is -0.300. The molecule has 1 saturated heterocycles. The highest BCUT2D eigenvalue weighted by Crippen LogP contribution is 2.32. The van der Waals surface area contributed by atoms with Gasteiger partial charge in [-0.15, -0.1) is 0 Å². The Bertz CT molecular complexity index is 335. The molecule has 0 aromatic heterocycles. The van der Waals surface area contributed by atoms with Gasteiger partial charge < -0.3 is 20.1 Å². The van der Waals surface area contributed by atoms with E-state index in [9.17, 15) is 14.7 Å². The van der Waals surface area contributed by atoms with Crippen LogP contribution in [-0.2, 0) is 9.53 Å². The molecule has 0 spiro atoms. The minimum atomic E-state index is -1.03. The van der Waals surface area contributed by atoms with E-state index in [0.29, 0.717) is 39.1 Å². The van der Waals surface area contributed by atoms with Crippen LogP contribution < -0.4 is 5.32 Å². The second-order valence-electron chi connectivity index (χ2n) is 5.14. The first-order valence-electron chi connectivity index (χ1n) is 7.45. The molecule has 1 aliphatic heterocycles. The van der Waals surface area contributed by atoms with Crippen molar-refractivity contribution in [3.63, 3.8) is 0 Å². The predicted molar refractivity (Wildman–Crippen MR) is 75.7 cm³/mol. The standard InChI is InChI=1S/C14H26N2O4/c1-3-5-10-20-11-8-15-13(19)16-9-6-7-14(16,4-2)12(17)18/h3-11H2,1-2H3,(H,15,19)(H,17,18). The normalized spacial score (nSPS) is 22.0. The molecule has 0 saturated carbocycles. The Morgan fingerprint density at radius 1 is 1.35 bits per heavy atom. The number of rotatable bonds is 8. The molecule has 6 heteroatoms. The maximum absolute atomic E-state index is 12.1. The Labute approximate surface area is 120 Å². The lowest BCUT2D eigenvalue weighted by Crippen LogP contribution is -2.55. The first kappa shape index (κ1) is 16.8. The molecular weight excluding hydrogens is 260 g/mol.